The van der Waals surface area contributed by atoms with Crippen molar-refractivity contribution < 1.29 is 14.3 Å². The summed E-state index contributed by atoms with van der Waals surface area (Å²) in [6.45, 7) is 12.9. The molecule has 0 fully saturated rings. The van der Waals surface area contributed by atoms with E-state index in [1.165, 1.54) is 12.8 Å². The summed E-state index contributed by atoms with van der Waals surface area (Å²) in [6, 6.07) is 0. The molecule has 0 atom stereocenters. The van der Waals surface area contributed by atoms with E-state index in [1.807, 2.05) is 0 Å². The van der Waals surface area contributed by atoms with Crippen molar-refractivity contribution in [3.8, 4) is 0 Å². The molecule has 0 spiro atoms. The Morgan fingerprint density at radius 3 is 1.84 bits per heavy atom. The summed E-state index contributed by atoms with van der Waals surface area (Å²) < 4.78 is 11.2. The molecule has 0 rings (SSSR count). The van der Waals surface area contributed by atoms with Crippen molar-refractivity contribution in [2.24, 2.45) is 11.8 Å². The molecule has 0 aliphatic rings. The van der Waals surface area contributed by atoms with Gasteiger partial charge in [0.15, 0.2) is 0 Å². The van der Waals surface area contributed by atoms with Crippen LogP contribution in [0.15, 0.2) is 0 Å². The summed E-state index contributed by atoms with van der Waals surface area (Å²) >= 11 is 0. The van der Waals surface area contributed by atoms with Gasteiger partial charge in [-0.2, -0.15) is 0 Å². The lowest BCUT2D eigenvalue weighted by atomic mass is 10.1. The molecule has 1 amide bonds. The highest BCUT2D eigenvalue weighted by Crippen LogP contribution is 2.07. The number of carbonyl (C=O) groups is 1. The Balaban J connectivity index is 3.14. The number of rotatable bonds is 18. The van der Waals surface area contributed by atoms with Gasteiger partial charge in [-0.05, 0) is 50.4 Å². The minimum absolute atomic E-state index is 0.179. The van der Waals surface area contributed by atoms with E-state index in [4.69, 9.17) is 9.47 Å². The average molecular weight is 358 g/mol. The first-order valence-electron chi connectivity index (χ1n) is 10.4. The molecule has 25 heavy (non-hydrogen) atoms. The minimum Gasteiger partial charge on any atom is -0.381 e. The maximum absolute atomic E-state index is 11.6. The van der Waals surface area contributed by atoms with Crippen LogP contribution in [0.2, 0.25) is 0 Å². The van der Waals surface area contributed by atoms with Crippen molar-refractivity contribution in [3.63, 3.8) is 0 Å². The minimum atomic E-state index is 0.179. The Morgan fingerprint density at radius 1 is 0.720 bits per heavy atom. The Kier molecular flexibility index (Phi) is 17.7. The third-order valence-corrected chi connectivity index (χ3v) is 4.12. The predicted octanol–water partition coefficient (Wildman–Crippen LogP) is 4.96. The first kappa shape index (κ1) is 24.4. The number of nitrogens with one attached hydrogen (secondary N) is 1. The molecule has 0 radical (unpaired) electrons. The summed E-state index contributed by atoms with van der Waals surface area (Å²) in [5.41, 5.74) is 0. The van der Waals surface area contributed by atoms with Gasteiger partial charge in [-0.3, -0.25) is 4.79 Å². The van der Waals surface area contributed by atoms with E-state index in [9.17, 15) is 4.79 Å². The lowest BCUT2D eigenvalue weighted by molar-refractivity contribution is -0.121. The van der Waals surface area contributed by atoms with Crippen LogP contribution in [0.4, 0.5) is 0 Å². The van der Waals surface area contributed by atoms with E-state index in [-0.39, 0.29) is 5.91 Å². The Hall–Kier alpha value is -0.610. The van der Waals surface area contributed by atoms with Gasteiger partial charge in [0.25, 0.3) is 0 Å². The fourth-order valence-electron chi connectivity index (χ4n) is 2.53. The van der Waals surface area contributed by atoms with E-state index < -0.39 is 0 Å². The molecule has 1 N–H and O–H groups in total. The van der Waals surface area contributed by atoms with Crippen molar-refractivity contribution in [2.75, 3.05) is 33.0 Å². The maximum atomic E-state index is 11.6. The Morgan fingerprint density at radius 2 is 1.24 bits per heavy atom. The summed E-state index contributed by atoms with van der Waals surface area (Å²) in [5, 5.41) is 2.97. The molecule has 4 heteroatoms. The number of unbranched alkanes of at least 4 members (excludes halogenated alkanes) is 2. The third-order valence-electron chi connectivity index (χ3n) is 4.12. The zero-order valence-electron chi connectivity index (χ0n) is 17.3. The van der Waals surface area contributed by atoms with Crippen LogP contribution in [-0.4, -0.2) is 38.9 Å². The molecule has 0 aromatic carbocycles. The molecular weight excluding hydrogens is 314 g/mol. The number of hydrogen-bond acceptors (Lipinski definition) is 3. The highest BCUT2D eigenvalue weighted by atomic mass is 16.5. The van der Waals surface area contributed by atoms with Gasteiger partial charge in [0, 0.05) is 39.4 Å². The van der Waals surface area contributed by atoms with Crippen LogP contribution in [0, 0.1) is 11.8 Å². The number of hydrogen-bond donors (Lipinski definition) is 1. The highest BCUT2D eigenvalue weighted by Gasteiger charge is 2.01. The quantitative estimate of drug-likeness (QED) is 0.353. The molecule has 0 aliphatic heterocycles. The molecule has 0 heterocycles. The SMILES string of the molecule is CC(C)CCCCC(=O)NCCCOCCCCOCCCC(C)C. The molecule has 0 unspecified atom stereocenters. The van der Waals surface area contributed by atoms with Crippen LogP contribution >= 0.6 is 0 Å². The first-order valence-corrected chi connectivity index (χ1v) is 10.4. The van der Waals surface area contributed by atoms with Gasteiger partial charge in [0.05, 0.1) is 0 Å². The molecular formula is C21H43NO3. The maximum Gasteiger partial charge on any atom is 0.219 e. The van der Waals surface area contributed by atoms with Gasteiger partial charge in [-0.1, -0.05) is 40.5 Å². The zero-order valence-corrected chi connectivity index (χ0v) is 17.3. The smallest absolute Gasteiger partial charge is 0.219 e. The molecule has 0 aromatic heterocycles. The van der Waals surface area contributed by atoms with Gasteiger partial charge in [0.1, 0.15) is 0 Å². The highest BCUT2D eigenvalue weighted by molar-refractivity contribution is 5.75. The Labute approximate surface area is 156 Å². The molecule has 150 valence electrons. The summed E-state index contributed by atoms with van der Waals surface area (Å²) in [7, 11) is 0. The van der Waals surface area contributed by atoms with E-state index in [1.54, 1.807) is 0 Å². The van der Waals surface area contributed by atoms with Gasteiger partial charge >= 0.3 is 0 Å². The standard InChI is InChI=1S/C21H43NO3/c1-19(2)11-5-6-13-21(23)22-14-10-18-25-16-8-7-15-24-17-9-12-20(3)4/h19-20H,5-18H2,1-4H3,(H,22,23). The molecule has 0 aliphatic carbocycles. The summed E-state index contributed by atoms with van der Waals surface area (Å²) in [6.07, 6.45) is 9.43. The van der Waals surface area contributed by atoms with E-state index >= 15 is 0 Å². The van der Waals surface area contributed by atoms with Crippen LogP contribution in [0.25, 0.3) is 0 Å². The molecule has 0 saturated carbocycles. The van der Waals surface area contributed by atoms with Crippen molar-refractivity contribution in [3.05, 3.63) is 0 Å². The van der Waals surface area contributed by atoms with Crippen LogP contribution in [0.1, 0.15) is 85.5 Å². The predicted molar refractivity (Wildman–Crippen MR) is 106 cm³/mol. The number of carbonyl (C=O) groups excluding carboxylic acids is 1. The van der Waals surface area contributed by atoms with Gasteiger partial charge in [-0.25, -0.2) is 0 Å². The monoisotopic (exact) mass is 357 g/mol. The van der Waals surface area contributed by atoms with Crippen molar-refractivity contribution in [1.82, 2.24) is 5.32 Å². The number of amides is 1. The second-order valence-corrected chi connectivity index (χ2v) is 7.81. The Bertz CT molecular complexity index is 293. The molecule has 0 aromatic rings. The zero-order chi connectivity index (χ0) is 18.8. The van der Waals surface area contributed by atoms with E-state index in [2.05, 4.69) is 33.0 Å². The van der Waals surface area contributed by atoms with Gasteiger partial charge in [-0.15, -0.1) is 0 Å². The largest absolute Gasteiger partial charge is 0.381 e. The normalized spacial score (nSPS) is 11.4. The van der Waals surface area contributed by atoms with E-state index in [0.717, 1.165) is 83.3 Å². The fourth-order valence-corrected chi connectivity index (χ4v) is 2.53. The van der Waals surface area contributed by atoms with Crippen molar-refractivity contribution >= 4 is 5.91 Å². The molecule has 0 bridgehead atoms. The second kappa shape index (κ2) is 18.2. The lowest BCUT2D eigenvalue weighted by Crippen LogP contribution is -2.25. The van der Waals surface area contributed by atoms with E-state index in [0.29, 0.717) is 6.42 Å². The van der Waals surface area contributed by atoms with Crippen molar-refractivity contribution in [1.29, 1.82) is 0 Å². The number of ether oxygens (including phenoxy) is 2. The molecule has 4 nitrogen and oxygen atoms in total. The van der Waals surface area contributed by atoms with Crippen LogP contribution in [0.5, 0.6) is 0 Å². The fraction of sp³-hybridized carbons (Fsp3) is 0.952. The molecule has 0 saturated heterocycles. The first-order chi connectivity index (χ1) is 12.0. The topological polar surface area (TPSA) is 47.6 Å². The van der Waals surface area contributed by atoms with Crippen LogP contribution < -0.4 is 5.32 Å². The summed E-state index contributed by atoms with van der Waals surface area (Å²) in [5.74, 6) is 1.68. The lowest BCUT2D eigenvalue weighted by Gasteiger charge is -2.08. The second-order valence-electron chi connectivity index (χ2n) is 7.81. The van der Waals surface area contributed by atoms with Crippen LogP contribution in [-0.2, 0) is 14.3 Å². The summed E-state index contributed by atoms with van der Waals surface area (Å²) in [4.78, 5) is 11.6. The van der Waals surface area contributed by atoms with Crippen LogP contribution in [0.3, 0.4) is 0 Å². The van der Waals surface area contributed by atoms with Crippen molar-refractivity contribution in [2.45, 2.75) is 85.5 Å². The average Bonchev–Trinajstić information content (AvgIpc) is 2.55. The van der Waals surface area contributed by atoms with Gasteiger partial charge in [0.2, 0.25) is 5.91 Å². The van der Waals surface area contributed by atoms with Gasteiger partial charge < -0.3 is 14.8 Å². The third kappa shape index (κ3) is 21.3.